The first-order valence-electron chi connectivity index (χ1n) is 11.0. The van der Waals surface area contributed by atoms with Gasteiger partial charge in [-0.2, -0.15) is 0 Å². The van der Waals surface area contributed by atoms with Crippen molar-refractivity contribution in [3.8, 4) is 0 Å². The van der Waals surface area contributed by atoms with Crippen LogP contribution in [0.4, 0.5) is 10.1 Å². The van der Waals surface area contributed by atoms with E-state index in [0.717, 1.165) is 23.4 Å². The van der Waals surface area contributed by atoms with Crippen LogP contribution in [-0.2, 0) is 26.2 Å². The third-order valence-electron chi connectivity index (χ3n) is 5.40. The van der Waals surface area contributed by atoms with Crippen LogP contribution in [0.3, 0.4) is 0 Å². The maximum absolute atomic E-state index is 14.4. The second-order valence-corrected chi connectivity index (χ2v) is 10.5. The zero-order valence-electron chi connectivity index (χ0n) is 19.8. The molecule has 34 heavy (non-hydrogen) atoms. The van der Waals surface area contributed by atoms with E-state index >= 15 is 0 Å². The summed E-state index contributed by atoms with van der Waals surface area (Å²) in [5.41, 5.74) is 1.08. The fraction of sp³-hybridized carbons (Fsp3) is 0.417. The summed E-state index contributed by atoms with van der Waals surface area (Å²) in [4.78, 5) is 27.4. The van der Waals surface area contributed by atoms with Gasteiger partial charge < -0.3 is 10.2 Å². The Balaban J connectivity index is 2.39. The number of hydrogen-bond acceptors (Lipinski definition) is 4. The minimum absolute atomic E-state index is 0.189. The van der Waals surface area contributed by atoms with Crippen LogP contribution in [-0.4, -0.2) is 50.5 Å². The highest BCUT2D eigenvalue weighted by Crippen LogP contribution is 2.26. The van der Waals surface area contributed by atoms with Crippen molar-refractivity contribution >= 4 is 39.1 Å². The Morgan fingerprint density at radius 1 is 1.18 bits per heavy atom. The van der Waals surface area contributed by atoms with Crippen LogP contribution in [0.15, 0.2) is 42.5 Å². The Hall–Kier alpha value is -2.65. The summed E-state index contributed by atoms with van der Waals surface area (Å²) in [6.07, 6.45) is 2.66. The maximum atomic E-state index is 14.4. The number of halogens is 2. The lowest BCUT2D eigenvalue weighted by Gasteiger charge is -2.32. The van der Waals surface area contributed by atoms with Crippen molar-refractivity contribution in [3.63, 3.8) is 0 Å². The molecule has 186 valence electrons. The van der Waals surface area contributed by atoms with E-state index in [1.165, 1.54) is 35.2 Å². The van der Waals surface area contributed by atoms with E-state index < -0.39 is 40.2 Å². The van der Waals surface area contributed by atoms with E-state index in [2.05, 4.69) is 5.32 Å². The molecule has 2 aromatic carbocycles. The third-order valence-corrected chi connectivity index (χ3v) is 6.76. The molecule has 0 aliphatic heterocycles. The minimum Gasteiger partial charge on any atom is -0.354 e. The van der Waals surface area contributed by atoms with Crippen LogP contribution in [0.25, 0.3) is 0 Å². The summed E-state index contributed by atoms with van der Waals surface area (Å²) in [5.74, 6) is -1.56. The largest absolute Gasteiger partial charge is 0.354 e. The third kappa shape index (κ3) is 7.43. The van der Waals surface area contributed by atoms with Crippen molar-refractivity contribution in [3.05, 3.63) is 64.4 Å². The van der Waals surface area contributed by atoms with Gasteiger partial charge in [0.05, 0.1) is 11.9 Å². The zero-order valence-corrected chi connectivity index (χ0v) is 21.4. The molecule has 0 spiro atoms. The first kappa shape index (κ1) is 27.6. The molecule has 0 heterocycles. The molecule has 0 aliphatic carbocycles. The van der Waals surface area contributed by atoms with Gasteiger partial charge in [0.25, 0.3) is 0 Å². The molecule has 7 nitrogen and oxygen atoms in total. The first-order valence-corrected chi connectivity index (χ1v) is 13.2. The number of nitrogens with zero attached hydrogens (tertiary/aromatic N) is 2. The highest BCUT2D eigenvalue weighted by Gasteiger charge is 2.31. The zero-order chi connectivity index (χ0) is 25.5. The smallest absolute Gasteiger partial charge is 0.244 e. The molecule has 0 saturated heterocycles. The van der Waals surface area contributed by atoms with Crippen molar-refractivity contribution < 1.29 is 22.4 Å². The number of sulfonamides is 1. The van der Waals surface area contributed by atoms with Crippen molar-refractivity contribution in [2.45, 2.75) is 46.2 Å². The molecule has 0 saturated carbocycles. The summed E-state index contributed by atoms with van der Waals surface area (Å²) in [6, 6.07) is 9.66. The number of amides is 2. The predicted molar refractivity (Wildman–Crippen MR) is 133 cm³/mol. The van der Waals surface area contributed by atoms with Crippen LogP contribution in [0.5, 0.6) is 0 Å². The van der Waals surface area contributed by atoms with Crippen LogP contribution < -0.4 is 9.62 Å². The van der Waals surface area contributed by atoms with Gasteiger partial charge in [0.2, 0.25) is 21.8 Å². The Kier molecular flexibility index (Phi) is 9.88. The highest BCUT2D eigenvalue weighted by molar-refractivity contribution is 7.92. The Labute approximate surface area is 205 Å². The molecule has 2 rings (SSSR count). The Morgan fingerprint density at radius 3 is 2.44 bits per heavy atom. The average Bonchev–Trinajstić information content (AvgIpc) is 2.76. The molecule has 1 N–H and O–H groups in total. The molecular formula is C24H31ClFN3O4S. The first-order chi connectivity index (χ1) is 16.0. The lowest BCUT2D eigenvalue weighted by atomic mass is 10.1. The molecule has 0 fully saturated rings. The van der Waals surface area contributed by atoms with E-state index in [0.29, 0.717) is 22.8 Å². The number of nitrogens with one attached hydrogen (secondary N) is 1. The standard InChI is InChI=1S/C24H31ClFN3O4S/c1-5-6-13-27-24(31)18(3)28(15-19-9-7-8-10-21(19)26)23(30)16-29(34(4,32)33)22-12-11-20(25)14-17(22)2/h7-12,14,18H,5-6,13,15-16H2,1-4H3,(H,27,31). The van der Waals surface area contributed by atoms with Gasteiger partial charge >= 0.3 is 0 Å². The molecule has 2 aromatic rings. The number of aryl methyl sites for hydroxylation is 1. The minimum atomic E-state index is -3.86. The van der Waals surface area contributed by atoms with E-state index in [1.807, 2.05) is 6.92 Å². The number of unbranched alkanes of at least 4 members (excludes halogenated alkanes) is 1. The van der Waals surface area contributed by atoms with Crippen molar-refractivity contribution in [2.24, 2.45) is 0 Å². The van der Waals surface area contributed by atoms with Crippen LogP contribution in [0.2, 0.25) is 5.02 Å². The van der Waals surface area contributed by atoms with Gasteiger partial charge in [-0.05, 0) is 50.1 Å². The van der Waals surface area contributed by atoms with Crippen molar-refractivity contribution in [2.75, 3.05) is 23.7 Å². The lowest BCUT2D eigenvalue weighted by molar-refractivity contribution is -0.139. The number of rotatable bonds is 11. The Morgan fingerprint density at radius 2 is 1.85 bits per heavy atom. The van der Waals surface area contributed by atoms with Crippen LogP contribution in [0.1, 0.15) is 37.8 Å². The SMILES string of the molecule is CCCCNC(=O)C(C)N(Cc1ccccc1F)C(=O)CN(c1ccc(Cl)cc1C)S(C)(=O)=O. The number of anilines is 1. The van der Waals surface area contributed by atoms with E-state index in [9.17, 15) is 22.4 Å². The fourth-order valence-electron chi connectivity index (χ4n) is 3.42. The van der Waals surface area contributed by atoms with E-state index in [-0.39, 0.29) is 12.1 Å². The van der Waals surface area contributed by atoms with Crippen LogP contribution >= 0.6 is 11.6 Å². The summed E-state index contributed by atoms with van der Waals surface area (Å²) in [5, 5.41) is 3.21. The van der Waals surface area contributed by atoms with E-state index in [4.69, 9.17) is 11.6 Å². The van der Waals surface area contributed by atoms with Crippen molar-refractivity contribution in [1.29, 1.82) is 0 Å². The highest BCUT2D eigenvalue weighted by atomic mass is 35.5. The molecule has 0 radical (unpaired) electrons. The predicted octanol–water partition coefficient (Wildman–Crippen LogP) is 3.89. The van der Waals surface area contributed by atoms with Gasteiger partial charge in [-0.1, -0.05) is 43.1 Å². The fourth-order valence-corrected chi connectivity index (χ4v) is 4.56. The molecule has 1 atom stereocenters. The van der Waals surface area contributed by atoms with Gasteiger partial charge in [0.1, 0.15) is 18.4 Å². The van der Waals surface area contributed by atoms with Gasteiger partial charge in [-0.15, -0.1) is 0 Å². The van der Waals surface area contributed by atoms with Gasteiger partial charge in [-0.3, -0.25) is 13.9 Å². The monoisotopic (exact) mass is 511 g/mol. The van der Waals surface area contributed by atoms with Crippen molar-refractivity contribution in [1.82, 2.24) is 10.2 Å². The molecular weight excluding hydrogens is 481 g/mol. The van der Waals surface area contributed by atoms with E-state index in [1.54, 1.807) is 26.0 Å². The number of carbonyl (C=O) groups excluding carboxylic acids is 2. The molecule has 2 amide bonds. The quantitative estimate of drug-likeness (QED) is 0.464. The molecule has 0 aromatic heterocycles. The maximum Gasteiger partial charge on any atom is 0.244 e. The summed E-state index contributed by atoms with van der Waals surface area (Å²) < 4.78 is 40.5. The van der Waals surface area contributed by atoms with Gasteiger partial charge in [0, 0.05) is 23.7 Å². The molecule has 0 aliphatic rings. The molecule has 10 heteroatoms. The average molecular weight is 512 g/mol. The number of hydrogen-bond donors (Lipinski definition) is 1. The second-order valence-electron chi connectivity index (χ2n) is 8.13. The summed E-state index contributed by atoms with van der Waals surface area (Å²) in [6.45, 7) is 4.92. The summed E-state index contributed by atoms with van der Waals surface area (Å²) >= 11 is 6.00. The van der Waals surface area contributed by atoms with Gasteiger partial charge in [0.15, 0.2) is 0 Å². The summed E-state index contributed by atoms with van der Waals surface area (Å²) in [7, 11) is -3.86. The normalized spacial score (nSPS) is 12.2. The second kappa shape index (κ2) is 12.2. The lowest BCUT2D eigenvalue weighted by Crippen LogP contribution is -2.51. The van der Waals surface area contributed by atoms with Gasteiger partial charge in [-0.25, -0.2) is 12.8 Å². The molecule has 0 bridgehead atoms. The van der Waals surface area contributed by atoms with Crippen LogP contribution in [0, 0.1) is 12.7 Å². The Bertz CT molecular complexity index is 1130. The topological polar surface area (TPSA) is 86.8 Å². The number of benzene rings is 2. The molecule has 1 unspecified atom stereocenters. The number of carbonyl (C=O) groups is 2.